The van der Waals surface area contributed by atoms with Crippen LogP contribution in [0.2, 0.25) is 10.3 Å². The standard InChI is InChI=1S/C14H17Cl2NO2S/c1-9(14(18)20-10-5-3-2-4-6-10)19-11-7-8-12(15)17-13(11)16/h7-10H,2-6H2,1H3. The first-order chi connectivity index (χ1) is 9.56. The molecule has 1 atom stereocenters. The highest BCUT2D eigenvalue weighted by atomic mass is 35.5. The molecule has 1 heterocycles. The number of carbonyl (C=O) groups is 1. The van der Waals surface area contributed by atoms with Gasteiger partial charge >= 0.3 is 0 Å². The lowest BCUT2D eigenvalue weighted by molar-refractivity contribution is -0.116. The van der Waals surface area contributed by atoms with Crippen LogP contribution in [-0.4, -0.2) is 21.5 Å². The summed E-state index contributed by atoms with van der Waals surface area (Å²) in [6.07, 6.45) is 5.41. The van der Waals surface area contributed by atoms with Crippen LogP contribution in [0.4, 0.5) is 0 Å². The van der Waals surface area contributed by atoms with Crippen molar-refractivity contribution in [2.24, 2.45) is 0 Å². The average molecular weight is 334 g/mol. The van der Waals surface area contributed by atoms with Crippen LogP contribution in [0.25, 0.3) is 0 Å². The second-order valence-electron chi connectivity index (χ2n) is 4.88. The minimum absolute atomic E-state index is 0.0444. The Hall–Kier alpha value is -0.450. The van der Waals surface area contributed by atoms with Crippen molar-refractivity contribution >= 4 is 40.1 Å². The molecular weight excluding hydrogens is 317 g/mol. The molecule has 0 N–H and O–H groups in total. The summed E-state index contributed by atoms with van der Waals surface area (Å²) in [4.78, 5) is 16.0. The number of rotatable bonds is 4. The minimum Gasteiger partial charge on any atom is -0.479 e. The molecule has 1 aromatic rings. The van der Waals surface area contributed by atoms with E-state index < -0.39 is 6.10 Å². The van der Waals surface area contributed by atoms with Gasteiger partial charge in [-0.1, -0.05) is 54.2 Å². The lowest BCUT2D eigenvalue weighted by Gasteiger charge is -2.22. The Balaban J connectivity index is 1.89. The zero-order valence-electron chi connectivity index (χ0n) is 11.3. The highest BCUT2D eigenvalue weighted by molar-refractivity contribution is 8.14. The topological polar surface area (TPSA) is 39.2 Å². The van der Waals surface area contributed by atoms with Gasteiger partial charge in [-0.05, 0) is 31.9 Å². The van der Waals surface area contributed by atoms with Crippen LogP contribution < -0.4 is 4.74 Å². The van der Waals surface area contributed by atoms with Crippen LogP contribution in [0.1, 0.15) is 39.0 Å². The summed E-state index contributed by atoms with van der Waals surface area (Å²) < 4.78 is 5.58. The number of nitrogens with zero attached hydrogens (tertiary/aromatic N) is 1. The van der Waals surface area contributed by atoms with Crippen molar-refractivity contribution < 1.29 is 9.53 Å². The number of hydrogen-bond acceptors (Lipinski definition) is 4. The number of thioether (sulfide) groups is 1. The van der Waals surface area contributed by atoms with E-state index in [4.69, 9.17) is 27.9 Å². The van der Waals surface area contributed by atoms with Gasteiger partial charge in [-0.15, -0.1) is 0 Å². The zero-order chi connectivity index (χ0) is 14.5. The van der Waals surface area contributed by atoms with Gasteiger partial charge in [-0.3, -0.25) is 4.79 Å². The fraction of sp³-hybridized carbons (Fsp3) is 0.571. The van der Waals surface area contributed by atoms with Crippen molar-refractivity contribution in [3.8, 4) is 5.75 Å². The Labute approximate surface area is 133 Å². The summed E-state index contributed by atoms with van der Waals surface area (Å²) in [5, 5.41) is 0.960. The van der Waals surface area contributed by atoms with Crippen molar-refractivity contribution in [2.45, 2.75) is 50.4 Å². The van der Waals surface area contributed by atoms with E-state index in [2.05, 4.69) is 4.98 Å². The fourth-order valence-corrected chi connectivity index (χ4v) is 3.70. The Morgan fingerprint density at radius 2 is 2.05 bits per heavy atom. The van der Waals surface area contributed by atoms with Crippen LogP contribution >= 0.6 is 35.0 Å². The maximum atomic E-state index is 12.1. The van der Waals surface area contributed by atoms with Gasteiger partial charge in [0.2, 0.25) is 5.12 Å². The van der Waals surface area contributed by atoms with Crippen LogP contribution in [0.15, 0.2) is 12.1 Å². The highest BCUT2D eigenvalue weighted by Crippen LogP contribution is 2.31. The van der Waals surface area contributed by atoms with E-state index in [9.17, 15) is 4.79 Å². The molecule has 1 aliphatic carbocycles. The monoisotopic (exact) mass is 333 g/mol. The van der Waals surface area contributed by atoms with Crippen LogP contribution in [0.3, 0.4) is 0 Å². The summed E-state index contributed by atoms with van der Waals surface area (Å²) in [6.45, 7) is 1.74. The lowest BCUT2D eigenvalue weighted by atomic mass is 10.0. The summed E-state index contributed by atoms with van der Waals surface area (Å²) >= 11 is 13.1. The molecule has 1 unspecified atom stereocenters. The summed E-state index contributed by atoms with van der Waals surface area (Å²) in [6, 6.07) is 3.22. The van der Waals surface area contributed by atoms with Gasteiger partial charge in [0.25, 0.3) is 0 Å². The van der Waals surface area contributed by atoms with Crippen LogP contribution in [0.5, 0.6) is 5.75 Å². The molecule has 0 bridgehead atoms. The van der Waals surface area contributed by atoms with E-state index in [1.165, 1.54) is 31.0 Å². The average Bonchev–Trinajstić information content (AvgIpc) is 2.43. The van der Waals surface area contributed by atoms with Gasteiger partial charge in [0.15, 0.2) is 17.0 Å². The lowest BCUT2D eigenvalue weighted by Crippen LogP contribution is -2.24. The molecule has 110 valence electrons. The first kappa shape index (κ1) is 15.9. The molecule has 1 saturated carbocycles. The van der Waals surface area contributed by atoms with E-state index in [0.29, 0.717) is 16.2 Å². The fourth-order valence-electron chi connectivity index (χ4n) is 2.17. The summed E-state index contributed by atoms with van der Waals surface area (Å²) in [7, 11) is 0. The molecule has 2 rings (SSSR count). The second-order valence-corrected chi connectivity index (χ2v) is 6.93. The van der Waals surface area contributed by atoms with Crippen LogP contribution in [0, 0.1) is 0 Å². The third-order valence-corrected chi connectivity index (χ3v) is 5.10. The number of hydrogen-bond donors (Lipinski definition) is 0. The molecule has 1 aromatic heterocycles. The molecule has 0 radical (unpaired) electrons. The highest BCUT2D eigenvalue weighted by Gasteiger charge is 2.23. The van der Waals surface area contributed by atoms with Crippen molar-refractivity contribution in [1.29, 1.82) is 0 Å². The SMILES string of the molecule is CC(Oc1ccc(Cl)nc1Cl)C(=O)SC1CCCCC1. The van der Waals surface area contributed by atoms with Gasteiger partial charge in [-0.25, -0.2) is 4.98 Å². The molecule has 0 aromatic carbocycles. The Morgan fingerprint density at radius 3 is 2.70 bits per heavy atom. The maximum absolute atomic E-state index is 12.1. The van der Waals surface area contributed by atoms with Crippen molar-refractivity contribution in [2.75, 3.05) is 0 Å². The number of carbonyl (C=O) groups excluding carboxylic acids is 1. The normalized spacial score (nSPS) is 17.8. The van der Waals surface area contributed by atoms with Gasteiger partial charge < -0.3 is 4.74 Å². The first-order valence-corrected chi connectivity index (χ1v) is 8.39. The van der Waals surface area contributed by atoms with E-state index in [1.54, 1.807) is 19.1 Å². The zero-order valence-corrected chi connectivity index (χ0v) is 13.6. The third kappa shape index (κ3) is 4.54. The maximum Gasteiger partial charge on any atom is 0.229 e. The Morgan fingerprint density at radius 1 is 1.35 bits per heavy atom. The van der Waals surface area contributed by atoms with Gasteiger partial charge in [0.1, 0.15) is 5.15 Å². The van der Waals surface area contributed by atoms with Crippen molar-refractivity contribution in [3.63, 3.8) is 0 Å². The minimum atomic E-state index is -0.539. The predicted molar refractivity (Wildman–Crippen MR) is 83.8 cm³/mol. The number of aromatic nitrogens is 1. The quantitative estimate of drug-likeness (QED) is 0.745. The molecular formula is C14H17Cl2NO2S. The molecule has 20 heavy (non-hydrogen) atoms. The van der Waals surface area contributed by atoms with E-state index in [0.717, 1.165) is 12.8 Å². The Bertz CT molecular complexity index is 478. The largest absolute Gasteiger partial charge is 0.479 e. The van der Waals surface area contributed by atoms with E-state index in [-0.39, 0.29) is 10.3 Å². The number of pyridine rings is 1. The smallest absolute Gasteiger partial charge is 0.229 e. The van der Waals surface area contributed by atoms with E-state index in [1.807, 2.05) is 0 Å². The molecule has 1 fully saturated rings. The van der Waals surface area contributed by atoms with E-state index >= 15 is 0 Å². The molecule has 0 aliphatic heterocycles. The Kier molecular flexibility index (Phi) is 6.00. The van der Waals surface area contributed by atoms with Crippen LogP contribution in [-0.2, 0) is 4.79 Å². The second kappa shape index (κ2) is 7.53. The molecule has 1 aliphatic rings. The molecule has 0 amide bonds. The summed E-state index contributed by atoms with van der Waals surface area (Å²) in [5.41, 5.74) is 0. The molecule has 0 saturated heterocycles. The predicted octanol–water partition coefficient (Wildman–Crippen LogP) is 4.75. The molecule has 3 nitrogen and oxygen atoms in total. The third-order valence-electron chi connectivity index (χ3n) is 3.25. The van der Waals surface area contributed by atoms with Crippen molar-refractivity contribution in [3.05, 3.63) is 22.4 Å². The van der Waals surface area contributed by atoms with Gasteiger partial charge in [-0.2, -0.15) is 0 Å². The van der Waals surface area contributed by atoms with Gasteiger partial charge in [0, 0.05) is 5.25 Å². The number of ether oxygens (including phenoxy) is 1. The van der Waals surface area contributed by atoms with Gasteiger partial charge in [0.05, 0.1) is 0 Å². The molecule has 6 heteroatoms. The van der Waals surface area contributed by atoms with Crippen molar-refractivity contribution in [1.82, 2.24) is 4.98 Å². The first-order valence-electron chi connectivity index (χ1n) is 6.75. The summed E-state index contributed by atoms with van der Waals surface area (Å²) in [5.74, 6) is 0.390. The number of halogens is 2. The molecule has 0 spiro atoms.